The highest BCUT2D eigenvalue weighted by Gasteiger charge is 2.35. The lowest BCUT2D eigenvalue weighted by Crippen LogP contribution is -2.60. The Hall–Kier alpha value is -4.09. The maximum absolute atomic E-state index is 13.9. The molecule has 5 unspecified atom stereocenters. The first-order valence-electron chi connectivity index (χ1n) is 17.0. The van der Waals surface area contributed by atoms with Crippen LogP contribution in [-0.2, 0) is 24.0 Å². The van der Waals surface area contributed by atoms with Crippen molar-refractivity contribution in [1.29, 1.82) is 0 Å². The van der Waals surface area contributed by atoms with Crippen LogP contribution in [0.4, 0.5) is 0 Å². The summed E-state index contributed by atoms with van der Waals surface area (Å²) in [6.45, 7) is 12.9. The van der Waals surface area contributed by atoms with Crippen molar-refractivity contribution in [3.8, 4) is 0 Å². The molecule has 0 saturated heterocycles. The minimum Gasteiger partial charge on any atom is -0.346 e. The van der Waals surface area contributed by atoms with E-state index in [-0.39, 0.29) is 30.7 Å². The second kappa shape index (κ2) is 20.2. The molecular formula is C35H54N6O6. The predicted octanol–water partition coefficient (Wildman–Crippen LogP) is 2.98. The molecule has 1 saturated carbocycles. The monoisotopic (exact) mass is 654 g/mol. The number of rotatable bonds is 19. The molecule has 0 aromatic carbocycles. The van der Waals surface area contributed by atoms with Crippen LogP contribution < -0.4 is 26.6 Å². The number of nitrogens with one attached hydrogen (secondary N) is 5. The van der Waals surface area contributed by atoms with E-state index < -0.39 is 59.5 Å². The maximum Gasteiger partial charge on any atom is 0.289 e. The Balaban J connectivity index is 2.27. The van der Waals surface area contributed by atoms with Crippen molar-refractivity contribution in [2.45, 2.75) is 117 Å². The Morgan fingerprint density at radius 1 is 0.872 bits per heavy atom. The molecule has 1 aromatic heterocycles. The molecule has 12 nitrogen and oxygen atoms in total. The third kappa shape index (κ3) is 12.9. The van der Waals surface area contributed by atoms with Crippen LogP contribution >= 0.6 is 0 Å². The van der Waals surface area contributed by atoms with Gasteiger partial charge in [0.2, 0.25) is 23.5 Å². The van der Waals surface area contributed by atoms with Crippen molar-refractivity contribution >= 4 is 35.3 Å². The summed E-state index contributed by atoms with van der Waals surface area (Å²) in [4.78, 5) is 83.2. The van der Waals surface area contributed by atoms with Crippen molar-refractivity contribution in [3.63, 3.8) is 0 Å². The summed E-state index contributed by atoms with van der Waals surface area (Å²) in [6.07, 6.45) is 10.9. The summed E-state index contributed by atoms with van der Waals surface area (Å²) in [6, 6.07) is -0.720. The quantitative estimate of drug-likeness (QED) is 0.113. The van der Waals surface area contributed by atoms with E-state index in [1.807, 2.05) is 27.7 Å². The largest absolute Gasteiger partial charge is 0.346 e. The number of aromatic nitrogens is 1. The molecule has 5 N–H and O–H groups in total. The molecule has 260 valence electrons. The Bertz CT molecular complexity index is 1220. The van der Waals surface area contributed by atoms with Crippen molar-refractivity contribution in [2.75, 3.05) is 6.54 Å². The van der Waals surface area contributed by atoms with Gasteiger partial charge in [0.1, 0.15) is 18.1 Å². The van der Waals surface area contributed by atoms with Crippen LogP contribution in [0.15, 0.2) is 37.2 Å². The van der Waals surface area contributed by atoms with Crippen LogP contribution in [-0.4, -0.2) is 71.0 Å². The third-order valence-corrected chi connectivity index (χ3v) is 8.64. The first-order chi connectivity index (χ1) is 22.4. The Kier molecular flexibility index (Phi) is 16.8. The zero-order chi connectivity index (χ0) is 34.9. The van der Waals surface area contributed by atoms with E-state index in [0.29, 0.717) is 24.8 Å². The molecule has 0 radical (unpaired) electrons. The molecule has 5 amide bonds. The second-order valence-electron chi connectivity index (χ2n) is 12.9. The van der Waals surface area contributed by atoms with Gasteiger partial charge in [-0.2, -0.15) is 0 Å². The van der Waals surface area contributed by atoms with E-state index in [1.54, 1.807) is 25.3 Å². The van der Waals surface area contributed by atoms with Crippen LogP contribution in [0, 0.1) is 17.8 Å². The zero-order valence-electron chi connectivity index (χ0n) is 28.6. The van der Waals surface area contributed by atoms with E-state index in [4.69, 9.17) is 0 Å². The summed E-state index contributed by atoms with van der Waals surface area (Å²) in [5.74, 6) is -3.70. The van der Waals surface area contributed by atoms with E-state index in [2.05, 4.69) is 38.1 Å². The van der Waals surface area contributed by atoms with Gasteiger partial charge in [-0.15, -0.1) is 6.58 Å². The van der Waals surface area contributed by atoms with Crippen molar-refractivity contribution in [1.82, 2.24) is 31.6 Å². The summed E-state index contributed by atoms with van der Waals surface area (Å²) in [5.41, 5.74) is 0.309. The topological polar surface area (TPSA) is 175 Å². The van der Waals surface area contributed by atoms with Gasteiger partial charge in [-0.05, 0) is 49.1 Å². The second-order valence-corrected chi connectivity index (χ2v) is 12.9. The first kappa shape index (κ1) is 39.1. The predicted molar refractivity (Wildman–Crippen MR) is 180 cm³/mol. The third-order valence-electron chi connectivity index (χ3n) is 8.64. The van der Waals surface area contributed by atoms with Crippen LogP contribution in [0.2, 0.25) is 0 Å². The fourth-order valence-corrected chi connectivity index (χ4v) is 5.68. The number of pyridine rings is 1. The number of ketones is 1. The SMILES string of the molecule is C=CCNC(=O)C(=O)C(CC)NC(=O)C(CC1CCCCC1)NC(=O)C(NC(=O)C(CC(C)C)NC(=O)c1cccnc1)C(C)CC. The van der Waals surface area contributed by atoms with Gasteiger partial charge >= 0.3 is 0 Å². The van der Waals surface area contributed by atoms with Crippen LogP contribution in [0.3, 0.4) is 0 Å². The average molecular weight is 655 g/mol. The van der Waals surface area contributed by atoms with Gasteiger partial charge in [-0.1, -0.05) is 79.2 Å². The van der Waals surface area contributed by atoms with E-state index >= 15 is 0 Å². The molecule has 2 rings (SSSR count). The Morgan fingerprint density at radius 3 is 2.11 bits per heavy atom. The fourth-order valence-electron chi connectivity index (χ4n) is 5.68. The van der Waals surface area contributed by atoms with Crippen LogP contribution in [0.1, 0.15) is 103 Å². The summed E-state index contributed by atoms with van der Waals surface area (Å²) < 4.78 is 0. The summed E-state index contributed by atoms with van der Waals surface area (Å²) >= 11 is 0. The number of carbonyl (C=O) groups is 6. The smallest absolute Gasteiger partial charge is 0.289 e. The van der Waals surface area contributed by atoms with E-state index in [0.717, 1.165) is 32.1 Å². The summed E-state index contributed by atoms with van der Waals surface area (Å²) in [7, 11) is 0. The molecule has 5 atom stereocenters. The molecule has 0 bridgehead atoms. The van der Waals surface area contributed by atoms with Crippen molar-refractivity contribution in [2.24, 2.45) is 17.8 Å². The van der Waals surface area contributed by atoms with Gasteiger partial charge in [-0.3, -0.25) is 33.8 Å². The molecular weight excluding hydrogens is 600 g/mol. The van der Waals surface area contributed by atoms with Crippen LogP contribution in [0.5, 0.6) is 0 Å². The molecule has 1 aliphatic carbocycles. The van der Waals surface area contributed by atoms with Crippen molar-refractivity contribution in [3.05, 3.63) is 42.7 Å². The maximum atomic E-state index is 13.9. The zero-order valence-corrected chi connectivity index (χ0v) is 28.6. The van der Waals surface area contributed by atoms with Gasteiger partial charge < -0.3 is 26.6 Å². The normalized spacial score (nSPS) is 16.5. The van der Waals surface area contributed by atoms with Gasteiger partial charge in [-0.25, -0.2) is 0 Å². The lowest BCUT2D eigenvalue weighted by molar-refractivity contribution is -0.140. The molecule has 0 spiro atoms. The lowest BCUT2D eigenvalue weighted by Gasteiger charge is -2.31. The van der Waals surface area contributed by atoms with E-state index in [1.165, 1.54) is 12.3 Å². The molecule has 1 fully saturated rings. The Morgan fingerprint density at radius 2 is 1.53 bits per heavy atom. The van der Waals surface area contributed by atoms with Gasteiger partial charge in [0.05, 0.1) is 11.6 Å². The molecule has 1 heterocycles. The number of hydrogen-bond acceptors (Lipinski definition) is 7. The van der Waals surface area contributed by atoms with Crippen molar-refractivity contribution < 1.29 is 28.8 Å². The number of carbonyl (C=O) groups excluding carboxylic acids is 6. The molecule has 12 heteroatoms. The van der Waals surface area contributed by atoms with E-state index in [9.17, 15) is 28.8 Å². The highest BCUT2D eigenvalue weighted by molar-refractivity contribution is 6.38. The minimum absolute atomic E-state index is 0.0625. The number of amides is 5. The lowest BCUT2D eigenvalue weighted by atomic mass is 9.84. The number of hydrogen-bond donors (Lipinski definition) is 5. The minimum atomic E-state index is -1.07. The molecule has 1 aliphatic rings. The number of Topliss-reactive ketones (excluding diaryl/α,β-unsaturated/α-hetero) is 1. The van der Waals surface area contributed by atoms with Gasteiger partial charge in [0.15, 0.2) is 0 Å². The fraction of sp³-hybridized carbons (Fsp3) is 0.629. The van der Waals surface area contributed by atoms with Crippen LogP contribution in [0.25, 0.3) is 0 Å². The molecule has 1 aromatic rings. The van der Waals surface area contributed by atoms with Gasteiger partial charge in [0.25, 0.3) is 11.8 Å². The van der Waals surface area contributed by atoms with Gasteiger partial charge in [0, 0.05) is 18.9 Å². The molecule has 47 heavy (non-hydrogen) atoms. The number of nitrogens with zero attached hydrogens (tertiary/aromatic N) is 1. The Labute approximate surface area is 279 Å². The standard InChI is InChI=1S/C35H54N6O6/c1-7-17-37-35(47)30(42)26(9-3)38-32(44)28(20-24-14-11-10-12-15-24)40-34(46)29(23(6)8-2)41-33(45)27(19-22(4)5)39-31(43)25-16-13-18-36-21-25/h7,13,16,18,21-24,26-29H,1,8-12,14-15,17,19-20H2,2-6H3,(H,37,47)(H,38,44)(H,39,43)(H,40,46)(H,41,45). The first-order valence-corrected chi connectivity index (χ1v) is 17.0. The average Bonchev–Trinajstić information content (AvgIpc) is 3.07. The highest BCUT2D eigenvalue weighted by atomic mass is 16.2. The highest BCUT2D eigenvalue weighted by Crippen LogP contribution is 2.27. The summed E-state index contributed by atoms with van der Waals surface area (Å²) in [5, 5.41) is 13.6. The molecule has 0 aliphatic heterocycles.